The molecule has 0 aliphatic carbocycles. The molecule has 0 saturated heterocycles. The Balaban J connectivity index is 2.31. The van der Waals surface area contributed by atoms with Gasteiger partial charge in [-0.15, -0.1) is 0 Å². The van der Waals surface area contributed by atoms with E-state index in [-0.39, 0.29) is 24.1 Å². The van der Waals surface area contributed by atoms with Crippen LogP contribution in [0.1, 0.15) is 26.3 Å². The van der Waals surface area contributed by atoms with E-state index in [2.05, 4.69) is 5.32 Å². The molecular weight excluding hydrogens is 464 g/mol. The summed E-state index contributed by atoms with van der Waals surface area (Å²) in [5.41, 5.74) is 0.755. The van der Waals surface area contributed by atoms with E-state index in [9.17, 15) is 26.8 Å². The Morgan fingerprint density at radius 1 is 1.00 bits per heavy atom. The number of carbonyl (C=O) groups is 2. The summed E-state index contributed by atoms with van der Waals surface area (Å²) in [6.45, 7) is 5.37. The molecule has 0 aliphatic heterocycles. The van der Waals surface area contributed by atoms with Gasteiger partial charge in [-0.25, -0.2) is 17.2 Å². The zero-order valence-electron chi connectivity index (χ0n) is 19.8. The summed E-state index contributed by atoms with van der Waals surface area (Å²) in [7, 11) is -4.01. The van der Waals surface area contributed by atoms with E-state index in [1.165, 1.54) is 4.90 Å². The Hall–Kier alpha value is -3.01. The first-order valence-electron chi connectivity index (χ1n) is 10.9. The van der Waals surface area contributed by atoms with Gasteiger partial charge in [0.15, 0.2) is 11.6 Å². The minimum absolute atomic E-state index is 0.161. The van der Waals surface area contributed by atoms with Gasteiger partial charge >= 0.3 is 0 Å². The molecule has 0 aromatic heterocycles. The average molecular weight is 496 g/mol. The maximum Gasteiger partial charge on any atom is 0.244 e. The fourth-order valence-corrected chi connectivity index (χ4v) is 4.12. The summed E-state index contributed by atoms with van der Waals surface area (Å²) in [5.74, 6) is -3.17. The summed E-state index contributed by atoms with van der Waals surface area (Å²) < 4.78 is 52.7. The Bertz CT molecular complexity index is 1090. The van der Waals surface area contributed by atoms with Gasteiger partial charge in [0, 0.05) is 19.2 Å². The van der Waals surface area contributed by atoms with Crippen LogP contribution in [-0.2, 0) is 26.0 Å². The van der Waals surface area contributed by atoms with Gasteiger partial charge in [-0.1, -0.05) is 44.2 Å². The van der Waals surface area contributed by atoms with Crippen molar-refractivity contribution in [1.29, 1.82) is 0 Å². The largest absolute Gasteiger partial charge is 0.354 e. The minimum Gasteiger partial charge on any atom is -0.354 e. The molecule has 0 fully saturated rings. The number of anilines is 1. The van der Waals surface area contributed by atoms with Gasteiger partial charge in [-0.2, -0.15) is 0 Å². The predicted molar refractivity (Wildman–Crippen MR) is 128 cm³/mol. The first-order valence-corrected chi connectivity index (χ1v) is 12.8. The van der Waals surface area contributed by atoms with Crippen LogP contribution in [0.5, 0.6) is 0 Å². The van der Waals surface area contributed by atoms with Gasteiger partial charge in [0.2, 0.25) is 21.8 Å². The molecule has 2 aromatic rings. The smallest absolute Gasteiger partial charge is 0.244 e. The summed E-state index contributed by atoms with van der Waals surface area (Å²) >= 11 is 0. The van der Waals surface area contributed by atoms with E-state index in [1.54, 1.807) is 6.92 Å². The van der Waals surface area contributed by atoms with Crippen molar-refractivity contribution in [3.05, 3.63) is 65.7 Å². The maximum atomic E-state index is 13.8. The normalized spacial score (nSPS) is 12.3. The van der Waals surface area contributed by atoms with Crippen LogP contribution < -0.4 is 9.62 Å². The lowest BCUT2D eigenvalue weighted by Crippen LogP contribution is -2.52. The number of rotatable bonds is 11. The molecule has 186 valence electrons. The summed E-state index contributed by atoms with van der Waals surface area (Å²) in [6.07, 6.45) is 1.31. The molecule has 0 bridgehead atoms. The second-order valence-corrected chi connectivity index (χ2v) is 10.4. The fourth-order valence-electron chi connectivity index (χ4n) is 3.28. The van der Waals surface area contributed by atoms with Crippen molar-refractivity contribution in [2.24, 2.45) is 5.92 Å². The standard InChI is InChI=1S/C24H31F2N3O4S/c1-17(2)15-27-24(31)18(3)28(13-12-19-8-6-5-7-9-19)23(30)16-29(34(4,32)33)20-10-11-21(25)22(26)14-20/h5-11,14,17-18H,12-13,15-16H2,1-4H3,(H,27,31)/t18-/m0/s1. The number of nitrogens with zero attached hydrogens (tertiary/aromatic N) is 2. The van der Waals surface area contributed by atoms with Gasteiger partial charge in [0.05, 0.1) is 11.9 Å². The Morgan fingerprint density at radius 2 is 1.65 bits per heavy atom. The van der Waals surface area contributed by atoms with Crippen molar-refractivity contribution in [2.45, 2.75) is 33.2 Å². The van der Waals surface area contributed by atoms with E-state index in [0.717, 1.165) is 30.0 Å². The van der Waals surface area contributed by atoms with Crippen molar-refractivity contribution in [3.8, 4) is 0 Å². The molecule has 0 heterocycles. The van der Waals surface area contributed by atoms with Gasteiger partial charge in [0.25, 0.3) is 0 Å². The lowest BCUT2D eigenvalue weighted by atomic mass is 10.1. The third kappa shape index (κ3) is 7.79. The number of hydrogen-bond acceptors (Lipinski definition) is 4. The van der Waals surface area contributed by atoms with Crippen LogP contribution in [0.15, 0.2) is 48.5 Å². The maximum absolute atomic E-state index is 13.8. The highest BCUT2D eigenvalue weighted by atomic mass is 32.2. The van der Waals surface area contributed by atoms with Crippen LogP contribution in [0, 0.1) is 17.6 Å². The molecule has 0 radical (unpaired) electrons. The molecule has 0 saturated carbocycles. The zero-order chi connectivity index (χ0) is 25.5. The van der Waals surface area contributed by atoms with E-state index in [4.69, 9.17) is 0 Å². The van der Waals surface area contributed by atoms with E-state index >= 15 is 0 Å². The molecule has 2 rings (SSSR count). The van der Waals surface area contributed by atoms with Crippen LogP contribution in [0.4, 0.5) is 14.5 Å². The predicted octanol–water partition coefficient (Wildman–Crippen LogP) is 2.96. The zero-order valence-corrected chi connectivity index (χ0v) is 20.6. The van der Waals surface area contributed by atoms with Crippen molar-refractivity contribution in [2.75, 3.05) is 30.2 Å². The number of carbonyl (C=O) groups excluding carboxylic acids is 2. The van der Waals surface area contributed by atoms with Crippen LogP contribution in [0.25, 0.3) is 0 Å². The van der Waals surface area contributed by atoms with Crippen LogP contribution in [0.3, 0.4) is 0 Å². The Kier molecular flexibility index (Phi) is 9.55. The molecule has 0 unspecified atom stereocenters. The first kappa shape index (κ1) is 27.2. The second-order valence-electron chi connectivity index (χ2n) is 8.51. The van der Waals surface area contributed by atoms with Gasteiger partial charge in [0.1, 0.15) is 12.6 Å². The third-order valence-corrected chi connectivity index (χ3v) is 6.35. The SMILES string of the molecule is CC(C)CNC(=O)[C@H](C)N(CCc1ccccc1)C(=O)CN(c1ccc(F)c(F)c1)S(C)(=O)=O. The lowest BCUT2D eigenvalue weighted by Gasteiger charge is -2.31. The molecule has 1 N–H and O–H groups in total. The van der Waals surface area contributed by atoms with E-state index in [1.807, 2.05) is 44.2 Å². The molecule has 2 amide bonds. The second kappa shape index (κ2) is 11.9. The number of sulfonamides is 1. The highest BCUT2D eigenvalue weighted by Gasteiger charge is 2.30. The molecule has 10 heteroatoms. The fraction of sp³-hybridized carbons (Fsp3) is 0.417. The Morgan fingerprint density at radius 3 is 2.21 bits per heavy atom. The summed E-state index contributed by atoms with van der Waals surface area (Å²) in [4.78, 5) is 27.3. The quantitative estimate of drug-likeness (QED) is 0.519. The number of hydrogen-bond donors (Lipinski definition) is 1. The molecule has 0 aliphatic rings. The van der Waals surface area contributed by atoms with Crippen molar-refractivity contribution >= 4 is 27.5 Å². The minimum atomic E-state index is -4.01. The molecular formula is C24H31F2N3O4S. The van der Waals surface area contributed by atoms with Gasteiger partial charge in [-0.3, -0.25) is 13.9 Å². The average Bonchev–Trinajstić information content (AvgIpc) is 2.77. The van der Waals surface area contributed by atoms with Crippen molar-refractivity contribution < 1.29 is 26.8 Å². The third-order valence-electron chi connectivity index (χ3n) is 5.21. The van der Waals surface area contributed by atoms with Crippen LogP contribution >= 0.6 is 0 Å². The van der Waals surface area contributed by atoms with E-state index < -0.39 is 40.2 Å². The van der Waals surface area contributed by atoms with Crippen molar-refractivity contribution in [1.82, 2.24) is 10.2 Å². The van der Waals surface area contributed by atoms with E-state index in [0.29, 0.717) is 17.3 Å². The van der Waals surface area contributed by atoms with Gasteiger partial charge in [-0.05, 0) is 37.0 Å². The molecule has 7 nitrogen and oxygen atoms in total. The van der Waals surface area contributed by atoms with Gasteiger partial charge < -0.3 is 10.2 Å². The highest BCUT2D eigenvalue weighted by molar-refractivity contribution is 7.92. The summed E-state index contributed by atoms with van der Waals surface area (Å²) in [6, 6.07) is 11.1. The molecule has 1 atom stereocenters. The van der Waals surface area contributed by atoms with Crippen LogP contribution in [0.2, 0.25) is 0 Å². The number of halogens is 2. The Labute approximate surface area is 199 Å². The van der Waals surface area contributed by atoms with Crippen LogP contribution in [-0.4, -0.2) is 57.1 Å². The topological polar surface area (TPSA) is 86.8 Å². The lowest BCUT2D eigenvalue weighted by molar-refractivity contribution is -0.138. The number of amides is 2. The monoisotopic (exact) mass is 495 g/mol. The first-order chi connectivity index (χ1) is 15.9. The number of benzene rings is 2. The molecule has 0 spiro atoms. The number of nitrogens with one attached hydrogen (secondary N) is 1. The van der Waals surface area contributed by atoms with Crippen molar-refractivity contribution in [3.63, 3.8) is 0 Å². The summed E-state index contributed by atoms with van der Waals surface area (Å²) in [5, 5.41) is 2.79. The molecule has 34 heavy (non-hydrogen) atoms. The highest BCUT2D eigenvalue weighted by Crippen LogP contribution is 2.21. The molecule has 2 aromatic carbocycles.